The Morgan fingerprint density at radius 2 is 2.07 bits per heavy atom. The Bertz CT molecular complexity index is 301. The molecule has 1 aromatic rings. The highest BCUT2D eigenvalue weighted by Crippen LogP contribution is 2.34. The summed E-state index contributed by atoms with van der Waals surface area (Å²) in [6.07, 6.45) is 1.78. The fraction of sp³-hybridized carbons (Fsp3) is 0.375. The van der Waals surface area contributed by atoms with Crippen LogP contribution in [0.4, 0.5) is 0 Å². The van der Waals surface area contributed by atoms with Gasteiger partial charge in [0.2, 0.25) is 6.20 Å². The Labute approximate surface area is 108 Å². The van der Waals surface area contributed by atoms with Gasteiger partial charge in [-0.1, -0.05) is 0 Å². The molecule has 0 aromatic carbocycles. The van der Waals surface area contributed by atoms with Gasteiger partial charge in [0.15, 0.2) is 6.61 Å². The van der Waals surface area contributed by atoms with Crippen molar-refractivity contribution in [3.05, 3.63) is 24.4 Å². The maximum absolute atomic E-state index is 5.47. The molecule has 14 heavy (non-hydrogen) atoms. The number of rotatable bonds is 3. The molecule has 0 atom stereocenters. The lowest BCUT2D eigenvalue weighted by Crippen LogP contribution is -2.44. The van der Waals surface area contributed by atoms with Gasteiger partial charge in [-0.05, 0) is 60.8 Å². The van der Waals surface area contributed by atoms with Crippen LogP contribution in [0.15, 0.2) is 24.4 Å². The minimum absolute atomic E-state index is 0.574. The highest BCUT2D eigenvalue weighted by Gasteiger charge is 2.26. The van der Waals surface area contributed by atoms with E-state index in [1.807, 2.05) is 19.1 Å². The van der Waals surface area contributed by atoms with Crippen molar-refractivity contribution in [2.24, 2.45) is 0 Å². The molecule has 0 aliphatic carbocycles. The monoisotopic (exact) mass is 388 g/mol. The Morgan fingerprint density at radius 1 is 1.36 bits per heavy atom. The first-order chi connectivity index (χ1) is 6.53. The standard InChI is InChI=1S/C8H9Br3NO2/c1-2-13-12-6-4-3-5-7(12)14-8(9,10)11/h3-6H,2H2,1H3/q+1. The fourth-order valence-corrected chi connectivity index (χ4v) is 1.35. The zero-order chi connectivity index (χ0) is 10.6. The molecular formula is C8H9Br3NO2+. The number of halogens is 3. The number of nitrogens with zero attached hydrogens (tertiary/aromatic N) is 1. The van der Waals surface area contributed by atoms with E-state index in [4.69, 9.17) is 9.57 Å². The zero-order valence-electron chi connectivity index (χ0n) is 7.41. The molecule has 0 bridgehead atoms. The average Bonchev–Trinajstić information content (AvgIpc) is 2.06. The molecule has 0 unspecified atom stereocenters. The van der Waals surface area contributed by atoms with E-state index in [-0.39, 0.29) is 0 Å². The van der Waals surface area contributed by atoms with Crippen molar-refractivity contribution in [2.75, 3.05) is 6.61 Å². The Kier molecular flexibility index (Phi) is 4.66. The first-order valence-electron chi connectivity index (χ1n) is 3.92. The summed E-state index contributed by atoms with van der Waals surface area (Å²) in [6, 6.07) is 5.53. The first kappa shape index (κ1) is 12.3. The van der Waals surface area contributed by atoms with Gasteiger partial charge >= 0.3 is 5.88 Å². The summed E-state index contributed by atoms with van der Waals surface area (Å²) in [5.74, 6) is 0.583. The highest BCUT2D eigenvalue weighted by molar-refractivity contribution is 9.39. The molecule has 0 amide bonds. The van der Waals surface area contributed by atoms with Gasteiger partial charge in [0, 0.05) is 10.8 Å². The van der Waals surface area contributed by atoms with Gasteiger partial charge < -0.3 is 4.74 Å². The quantitative estimate of drug-likeness (QED) is 0.584. The number of alkyl halides is 3. The molecular weight excluding hydrogens is 382 g/mol. The Hall–Kier alpha value is 0.190. The molecule has 0 fully saturated rings. The summed E-state index contributed by atoms with van der Waals surface area (Å²) in [6.45, 7) is 2.48. The number of pyridine rings is 1. The van der Waals surface area contributed by atoms with Gasteiger partial charge in [-0.2, -0.15) is 0 Å². The lowest BCUT2D eigenvalue weighted by molar-refractivity contribution is -0.892. The van der Waals surface area contributed by atoms with Gasteiger partial charge in [0.25, 0.3) is 2.33 Å². The van der Waals surface area contributed by atoms with E-state index in [1.165, 1.54) is 0 Å². The Morgan fingerprint density at radius 3 is 2.64 bits per heavy atom. The minimum atomic E-state index is -0.771. The molecule has 0 aliphatic heterocycles. The molecule has 3 nitrogen and oxygen atoms in total. The third-order valence-electron chi connectivity index (χ3n) is 1.28. The molecule has 6 heteroatoms. The van der Waals surface area contributed by atoms with E-state index in [2.05, 4.69) is 47.8 Å². The predicted octanol–water partition coefficient (Wildman–Crippen LogP) is 2.60. The predicted molar refractivity (Wildman–Crippen MR) is 63.9 cm³/mol. The second kappa shape index (κ2) is 5.32. The van der Waals surface area contributed by atoms with Crippen molar-refractivity contribution in [1.82, 2.24) is 0 Å². The summed E-state index contributed by atoms with van der Waals surface area (Å²) in [4.78, 5) is 5.31. The minimum Gasteiger partial charge on any atom is -0.402 e. The molecule has 0 spiro atoms. The van der Waals surface area contributed by atoms with Gasteiger partial charge in [-0.15, -0.1) is 0 Å². The van der Waals surface area contributed by atoms with Crippen molar-refractivity contribution < 1.29 is 14.3 Å². The van der Waals surface area contributed by atoms with E-state index >= 15 is 0 Å². The van der Waals surface area contributed by atoms with Crippen molar-refractivity contribution in [2.45, 2.75) is 9.25 Å². The van der Waals surface area contributed by atoms with Crippen LogP contribution in [0.2, 0.25) is 0 Å². The molecule has 78 valence electrons. The van der Waals surface area contributed by atoms with Crippen LogP contribution in [-0.4, -0.2) is 8.94 Å². The third-order valence-corrected chi connectivity index (χ3v) is 1.76. The number of ether oxygens (including phenoxy) is 1. The topological polar surface area (TPSA) is 22.3 Å². The van der Waals surface area contributed by atoms with E-state index in [9.17, 15) is 0 Å². The molecule has 0 N–H and O–H groups in total. The highest BCUT2D eigenvalue weighted by atomic mass is 80.0. The SMILES string of the molecule is CCO[n+]1ccccc1OC(Br)(Br)Br. The van der Waals surface area contributed by atoms with E-state index in [0.717, 1.165) is 0 Å². The van der Waals surface area contributed by atoms with Gasteiger partial charge in [0.1, 0.15) is 0 Å². The summed E-state index contributed by atoms with van der Waals surface area (Å²) in [5.41, 5.74) is 0. The molecule has 0 radical (unpaired) electrons. The average molecular weight is 391 g/mol. The van der Waals surface area contributed by atoms with Crippen LogP contribution in [0.3, 0.4) is 0 Å². The first-order valence-corrected chi connectivity index (χ1v) is 6.30. The normalized spacial score (nSPS) is 11.1. The second-order valence-corrected chi connectivity index (χ2v) is 8.87. The van der Waals surface area contributed by atoms with Gasteiger partial charge in [0.05, 0.1) is 6.07 Å². The summed E-state index contributed by atoms with van der Waals surface area (Å²) in [7, 11) is 0. The van der Waals surface area contributed by atoms with E-state index in [1.54, 1.807) is 17.0 Å². The van der Waals surface area contributed by atoms with Crippen LogP contribution in [0.1, 0.15) is 6.92 Å². The van der Waals surface area contributed by atoms with Crippen molar-refractivity contribution in [3.8, 4) is 5.88 Å². The van der Waals surface area contributed by atoms with E-state index < -0.39 is 2.33 Å². The largest absolute Gasteiger partial charge is 0.419 e. The second-order valence-electron chi connectivity index (χ2n) is 2.33. The molecule has 1 heterocycles. The number of aromatic nitrogens is 1. The van der Waals surface area contributed by atoms with Crippen LogP contribution >= 0.6 is 47.8 Å². The Balaban J connectivity index is 2.84. The number of hydrogen-bond acceptors (Lipinski definition) is 2. The maximum atomic E-state index is 5.47. The van der Waals surface area contributed by atoms with Crippen LogP contribution in [0.5, 0.6) is 5.88 Å². The van der Waals surface area contributed by atoms with Crippen LogP contribution in [0, 0.1) is 0 Å². The third kappa shape index (κ3) is 4.14. The smallest absolute Gasteiger partial charge is 0.402 e. The summed E-state index contributed by atoms with van der Waals surface area (Å²) < 4.78 is 6.26. The fourth-order valence-electron chi connectivity index (χ4n) is 0.856. The summed E-state index contributed by atoms with van der Waals surface area (Å²) in [5, 5.41) is 0. The van der Waals surface area contributed by atoms with Gasteiger partial charge in [-0.3, -0.25) is 4.84 Å². The van der Waals surface area contributed by atoms with Crippen LogP contribution in [0.25, 0.3) is 0 Å². The molecule has 1 aromatic heterocycles. The van der Waals surface area contributed by atoms with Crippen molar-refractivity contribution in [1.29, 1.82) is 0 Å². The zero-order valence-corrected chi connectivity index (χ0v) is 12.2. The van der Waals surface area contributed by atoms with Crippen molar-refractivity contribution >= 4 is 47.8 Å². The lowest BCUT2D eigenvalue weighted by Gasteiger charge is -2.11. The van der Waals surface area contributed by atoms with Gasteiger partial charge in [-0.25, -0.2) is 0 Å². The summed E-state index contributed by atoms with van der Waals surface area (Å²) >= 11 is 9.73. The van der Waals surface area contributed by atoms with Crippen molar-refractivity contribution in [3.63, 3.8) is 0 Å². The molecule has 0 saturated heterocycles. The van der Waals surface area contributed by atoms with E-state index in [0.29, 0.717) is 12.5 Å². The molecule has 1 rings (SSSR count). The maximum Gasteiger partial charge on any atom is 0.419 e. The van der Waals surface area contributed by atoms with Crippen LogP contribution in [-0.2, 0) is 0 Å². The number of hydrogen-bond donors (Lipinski definition) is 0. The molecule has 0 aliphatic rings. The lowest BCUT2D eigenvalue weighted by atomic mass is 10.5. The molecule has 0 saturated carbocycles. The van der Waals surface area contributed by atoms with Crippen LogP contribution < -0.4 is 14.3 Å².